The summed E-state index contributed by atoms with van der Waals surface area (Å²) in [7, 11) is 0. The summed E-state index contributed by atoms with van der Waals surface area (Å²) in [6.45, 7) is 3.25. The van der Waals surface area contributed by atoms with Gasteiger partial charge in [0.25, 0.3) is 5.91 Å². The first-order chi connectivity index (χ1) is 17.3. The fraction of sp³-hybridized carbons (Fsp3) is 0.208. The molecule has 2 N–H and O–H groups in total. The number of rotatable bonds is 7. The van der Waals surface area contributed by atoms with Gasteiger partial charge in [-0.2, -0.15) is 13.2 Å². The van der Waals surface area contributed by atoms with Crippen LogP contribution >= 0.6 is 11.8 Å². The van der Waals surface area contributed by atoms with Gasteiger partial charge in [-0.25, -0.2) is 24.5 Å². The van der Waals surface area contributed by atoms with Gasteiger partial charge in [-0.05, 0) is 79.7 Å². The molecule has 3 aromatic rings. The number of imide groups is 1. The van der Waals surface area contributed by atoms with Crippen LogP contribution < -0.4 is 10.2 Å². The topological polar surface area (TPSA) is 116 Å². The maximum Gasteiger partial charge on any atom is 0.446 e. The average Bonchev–Trinajstić information content (AvgIpc) is 2.99. The molecule has 0 saturated carbocycles. The molecule has 9 nitrogen and oxygen atoms in total. The Hall–Kier alpha value is -4.13. The first kappa shape index (κ1) is 25.9. The Labute approximate surface area is 213 Å². The number of thioether (sulfide) groups is 1. The van der Waals surface area contributed by atoms with Gasteiger partial charge in [0, 0.05) is 17.6 Å². The first-order valence-corrected chi connectivity index (χ1v) is 11.6. The van der Waals surface area contributed by atoms with Crippen molar-refractivity contribution in [1.29, 1.82) is 0 Å². The van der Waals surface area contributed by atoms with E-state index in [2.05, 4.69) is 15.3 Å². The lowest BCUT2D eigenvalue weighted by molar-refractivity contribution is -0.123. The van der Waals surface area contributed by atoms with Gasteiger partial charge in [-0.3, -0.25) is 4.79 Å². The molecule has 192 valence electrons. The molecule has 1 aromatic carbocycles. The molecule has 3 heterocycles. The third-order valence-electron chi connectivity index (χ3n) is 5.57. The quantitative estimate of drug-likeness (QED) is 0.313. The van der Waals surface area contributed by atoms with Crippen LogP contribution in [0.3, 0.4) is 0 Å². The normalized spacial score (nSPS) is 15.3. The number of nitrogens with one attached hydrogen (secondary N) is 1. The minimum atomic E-state index is -4.45. The molecule has 1 fully saturated rings. The lowest BCUT2D eigenvalue weighted by atomic mass is 10.0. The molecular weight excluding hydrogens is 511 g/mol. The smallest absolute Gasteiger partial charge is 0.446 e. The number of anilines is 3. The van der Waals surface area contributed by atoms with Crippen LogP contribution in [0.1, 0.15) is 29.9 Å². The zero-order valence-electron chi connectivity index (χ0n) is 19.5. The number of carbonyl (C=O) groups is 3. The van der Waals surface area contributed by atoms with E-state index in [1.54, 1.807) is 26.0 Å². The molecular formula is C24H20F3N5O4S. The summed E-state index contributed by atoms with van der Waals surface area (Å²) in [4.78, 5) is 47.7. The van der Waals surface area contributed by atoms with Crippen LogP contribution in [0.15, 0.2) is 65.8 Å². The Bertz CT molecular complexity index is 1350. The fourth-order valence-corrected chi connectivity index (χ4v) is 4.23. The molecule has 3 amide bonds. The Morgan fingerprint density at radius 1 is 1.08 bits per heavy atom. The minimum absolute atomic E-state index is 0.0590. The van der Waals surface area contributed by atoms with Crippen LogP contribution in [-0.4, -0.2) is 48.9 Å². The van der Waals surface area contributed by atoms with Crippen molar-refractivity contribution in [2.24, 2.45) is 0 Å². The predicted molar refractivity (Wildman–Crippen MR) is 130 cm³/mol. The number of hydrogen-bond acceptors (Lipinski definition) is 7. The number of pyridine rings is 2. The summed E-state index contributed by atoms with van der Waals surface area (Å²) in [5.74, 6) is -1.25. The third-order valence-corrected chi connectivity index (χ3v) is 6.31. The van der Waals surface area contributed by atoms with E-state index in [0.29, 0.717) is 17.1 Å². The second-order valence-corrected chi connectivity index (χ2v) is 9.66. The highest BCUT2D eigenvalue weighted by Gasteiger charge is 2.51. The lowest BCUT2D eigenvalue weighted by Crippen LogP contribution is -2.43. The summed E-state index contributed by atoms with van der Waals surface area (Å²) in [6, 6.07) is 10.7. The Morgan fingerprint density at radius 3 is 2.38 bits per heavy atom. The van der Waals surface area contributed by atoms with E-state index in [1.807, 2.05) is 0 Å². The van der Waals surface area contributed by atoms with E-state index in [1.165, 1.54) is 53.7 Å². The highest BCUT2D eigenvalue weighted by Crippen LogP contribution is 2.39. The number of aromatic carboxylic acids is 1. The second-order valence-electron chi connectivity index (χ2n) is 8.52. The zero-order chi connectivity index (χ0) is 27.0. The molecule has 13 heteroatoms. The number of aromatic nitrogens is 2. The van der Waals surface area contributed by atoms with Gasteiger partial charge in [0.15, 0.2) is 0 Å². The Morgan fingerprint density at radius 2 is 1.78 bits per heavy atom. The second kappa shape index (κ2) is 9.73. The van der Waals surface area contributed by atoms with Gasteiger partial charge in [0.1, 0.15) is 17.1 Å². The number of benzene rings is 1. The van der Waals surface area contributed by atoms with Crippen LogP contribution in [0.5, 0.6) is 0 Å². The van der Waals surface area contributed by atoms with E-state index in [4.69, 9.17) is 5.11 Å². The van der Waals surface area contributed by atoms with Crippen molar-refractivity contribution in [3.05, 3.63) is 72.2 Å². The van der Waals surface area contributed by atoms with Gasteiger partial charge < -0.3 is 15.3 Å². The van der Waals surface area contributed by atoms with Crippen molar-refractivity contribution in [2.45, 2.75) is 36.3 Å². The van der Waals surface area contributed by atoms with E-state index in [0.717, 1.165) is 4.90 Å². The van der Waals surface area contributed by atoms with Crippen LogP contribution in [0.2, 0.25) is 0 Å². The van der Waals surface area contributed by atoms with Gasteiger partial charge in [0.05, 0.1) is 17.6 Å². The zero-order valence-corrected chi connectivity index (χ0v) is 20.3. The highest BCUT2D eigenvalue weighted by atomic mass is 32.2. The maximum atomic E-state index is 13.3. The van der Waals surface area contributed by atoms with Crippen molar-refractivity contribution in [3.8, 4) is 0 Å². The number of alkyl halides is 3. The van der Waals surface area contributed by atoms with Crippen LogP contribution in [-0.2, 0) is 11.3 Å². The van der Waals surface area contributed by atoms with E-state index in [9.17, 15) is 27.6 Å². The minimum Gasteiger partial charge on any atom is -0.477 e. The van der Waals surface area contributed by atoms with Crippen LogP contribution in [0, 0.1) is 0 Å². The van der Waals surface area contributed by atoms with E-state index in [-0.39, 0.29) is 34.6 Å². The van der Waals surface area contributed by atoms with E-state index >= 15 is 0 Å². The molecule has 1 saturated heterocycles. The maximum absolute atomic E-state index is 13.3. The van der Waals surface area contributed by atoms with Crippen molar-refractivity contribution in [1.82, 2.24) is 14.9 Å². The predicted octanol–water partition coefficient (Wildman–Crippen LogP) is 5.28. The summed E-state index contributed by atoms with van der Waals surface area (Å²) < 4.78 is 37.9. The van der Waals surface area contributed by atoms with Gasteiger partial charge in [-0.1, -0.05) is 0 Å². The number of amides is 3. The first-order valence-electron chi connectivity index (χ1n) is 10.8. The molecule has 0 bridgehead atoms. The molecule has 0 aliphatic carbocycles. The Balaban J connectivity index is 1.51. The fourth-order valence-electron chi connectivity index (χ4n) is 3.69. The summed E-state index contributed by atoms with van der Waals surface area (Å²) in [5, 5.41) is 12.0. The SMILES string of the molecule is CC1(C)C(=O)N(c2ccc(SC(F)(F)F)cc2)C(=O)N1Cc1ccnc(Nc2ccc(C(=O)O)nc2)c1. The number of urea groups is 1. The number of carboxylic acids is 1. The lowest BCUT2D eigenvalue weighted by Gasteiger charge is -2.27. The molecule has 0 unspecified atom stereocenters. The average molecular weight is 532 g/mol. The molecule has 1 aliphatic heterocycles. The van der Waals surface area contributed by atoms with Crippen molar-refractivity contribution in [2.75, 3.05) is 10.2 Å². The van der Waals surface area contributed by atoms with Gasteiger partial charge >= 0.3 is 17.5 Å². The van der Waals surface area contributed by atoms with Gasteiger partial charge in [0.2, 0.25) is 0 Å². The monoisotopic (exact) mass is 531 g/mol. The molecule has 0 atom stereocenters. The number of hydrogen-bond donors (Lipinski definition) is 2. The Kier molecular flexibility index (Phi) is 6.82. The third kappa shape index (κ3) is 5.66. The van der Waals surface area contributed by atoms with Crippen LogP contribution in [0.25, 0.3) is 0 Å². The van der Waals surface area contributed by atoms with Gasteiger partial charge in [-0.15, -0.1) is 0 Å². The summed E-state index contributed by atoms with van der Waals surface area (Å²) in [5.41, 5.74) is -4.45. The van der Waals surface area contributed by atoms with Crippen molar-refractivity contribution >= 4 is 46.9 Å². The molecule has 2 aromatic heterocycles. The summed E-state index contributed by atoms with van der Waals surface area (Å²) >= 11 is -0.281. The molecule has 0 spiro atoms. The molecule has 0 radical (unpaired) electrons. The van der Waals surface area contributed by atoms with E-state index < -0.39 is 29.0 Å². The molecule has 37 heavy (non-hydrogen) atoms. The number of halogens is 3. The van der Waals surface area contributed by atoms with Crippen molar-refractivity contribution in [3.63, 3.8) is 0 Å². The number of nitrogens with zero attached hydrogens (tertiary/aromatic N) is 4. The molecule has 1 aliphatic rings. The highest BCUT2D eigenvalue weighted by molar-refractivity contribution is 8.00. The van der Waals surface area contributed by atoms with Crippen LogP contribution in [0.4, 0.5) is 35.2 Å². The number of carbonyl (C=O) groups excluding carboxylic acids is 2. The summed E-state index contributed by atoms with van der Waals surface area (Å²) in [6.07, 6.45) is 2.86. The largest absolute Gasteiger partial charge is 0.477 e. The molecule has 4 rings (SSSR count). The van der Waals surface area contributed by atoms with Crippen molar-refractivity contribution < 1.29 is 32.7 Å². The number of carboxylic acid groups (broad SMARTS) is 1. The standard InChI is InChI=1S/C24H20F3N5O4S/c1-23(2)21(35)32(16-4-6-17(7-5-16)37-24(25,26)27)22(36)31(23)13-14-9-10-28-19(11-14)30-15-3-8-18(20(33)34)29-12-15/h3-12H,13H2,1-2H3,(H,28,30)(H,33,34).